The lowest BCUT2D eigenvalue weighted by Crippen LogP contribution is -1.99. The lowest BCUT2D eigenvalue weighted by Gasteiger charge is -1.93. The number of cyclic esters (lactones) is 1. The number of ether oxygens (including phenoxy) is 1. The van der Waals surface area contributed by atoms with Crippen LogP contribution in [0.5, 0.6) is 0 Å². The molecule has 1 aliphatic heterocycles. The molecule has 0 fully saturated rings. The lowest BCUT2D eigenvalue weighted by atomic mass is 10.3. The van der Waals surface area contributed by atoms with E-state index in [1.807, 2.05) is 0 Å². The van der Waals surface area contributed by atoms with Crippen molar-refractivity contribution < 1.29 is 9.53 Å². The molecule has 0 saturated carbocycles. The molecule has 60 valence electrons. The molecule has 1 rings (SSSR count). The Morgan fingerprint density at radius 3 is 2.45 bits per heavy atom. The fourth-order valence-electron chi connectivity index (χ4n) is 0.598. The van der Waals surface area contributed by atoms with E-state index < -0.39 is 0 Å². The molecule has 0 atom stereocenters. The van der Waals surface area contributed by atoms with E-state index in [-0.39, 0.29) is 5.97 Å². The van der Waals surface area contributed by atoms with E-state index in [9.17, 15) is 4.79 Å². The van der Waals surface area contributed by atoms with Crippen LogP contribution in [0.4, 0.5) is 0 Å². The number of allylic oxidation sites excluding steroid dienone is 1. The van der Waals surface area contributed by atoms with E-state index in [1.54, 1.807) is 6.08 Å². The predicted molar refractivity (Wildman–Crippen MR) is 52.8 cm³/mol. The second kappa shape index (κ2) is 3.87. The van der Waals surface area contributed by atoms with Crippen LogP contribution in [0.25, 0.3) is 0 Å². The summed E-state index contributed by atoms with van der Waals surface area (Å²) in [4.78, 5) is 10.9. The van der Waals surface area contributed by atoms with Gasteiger partial charge in [-0.05, 0) is 37.9 Å². The van der Waals surface area contributed by atoms with Gasteiger partial charge in [-0.1, -0.05) is 15.9 Å². The number of hydrogen-bond donors (Lipinski definition) is 0. The van der Waals surface area contributed by atoms with Gasteiger partial charge in [0.25, 0.3) is 0 Å². The molecule has 0 amide bonds. The van der Waals surface area contributed by atoms with Crippen LogP contribution in [-0.4, -0.2) is 11.3 Å². The van der Waals surface area contributed by atoms with Crippen LogP contribution in [0.2, 0.25) is 0 Å². The Morgan fingerprint density at radius 1 is 1.55 bits per heavy atom. The minimum Gasteiger partial charge on any atom is -0.421 e. The zero-order chi connectivity index (χ0) is 8.43. The van der Waals surface area contributed by atoms with Crippen molar-refractivity contribution >= 4 is 53.8 Å². The summed E-state index contributed by atoms with van der Waals surface area (Å²) in [6.07, 6.45) is 1.68. The van der Waals surface area contributed by atoms with Gasteiger partial charge in [-0.15, -0.1) is 0 Å². The highest BCUT2D eigenvalue weighted by Gasteiger charge is 2.21. The topological polar surface area (TPSA) is 26.3 Å². The van der Waals surface area contributed by atoms with Crippen LogP contribution < -0.4 is 0 Å². The number of carbonyl (C=O) groups is 1. The third kappa shape index (κ3) is 2.16. The van der Waals surface area contributed by atoms with Gasteiger partial charge in [-0.25, -0.2) is 4.79 Å². The highest BCUT2D eigenvalue weighted by atomic mass is 79.9. The molecule has 11 heavy (non-hydrogen) atoms. The average molecular weight is 347 g/mol. The van der Waals surface area contributed by atoms with Crippen LogP contribution in [0, 0.1) is 0 Å². The average Bonchev–Trinajstić information content (AvgIpc) is 2.31. The number of esters is 1. The maximum Gasteiger partial charge on any atom is 0.340 e. The highest BCUT2D eigenvalue weighted by Crippen LogP contribution is 2.27. The Balaban J connectivity index is 2.92. The standard InChI is InChI=1S/C6H3Br3O2/c7-2-3-1-4(5(8)9)11-6(3)10/h1H,2H2. The van der Waals surface area contributed by atoms with Crippen LogP contribution in [0.15, 0.2) is 20.8 Å². The van der Waals surface area contributed by atoms with Crippen molar-refractivity contribution in [3.05, 3.63) is 20.8 Å². The van der Waals surface area contributed by atoms with E-state index in [0.717, 1.165) is 0 Å². The quantitative estimate of drug-likeness (QED) is 0.539. The molecule has 0 spiro atoms. The molecule has 0 aromatic carbocycles. The molecule has 1 aliphatic rings. The van der Waals surface area contributed by atoms with Crippen molar-refractivity contribution in [2.45, 2.75) is 0 Å². The van der Waals surface area contributed by atoms with Gasteiger partial charge >= 0.3 is 5.97 Å². The fourth-order valence-corrected chi connectivity index (χ4v) is 1.38. The van der Waals surface area contributed by atoms with Gasteiger partial charge in [-0.2, -0.15) is 0 Å². The summed E-state index contributed by atoms with van der Waals surface area (Å²) in [6.45, 7) is 0. The first-order valence-electron chi connectivity index (χ1n) is 2.69. The van der Waals surface area contributed by atoms with Crippen LogP contribution >= 0.6 is 47.8 Å². The van der Waals surface area contributed by atoms with E-state index in [2.05, 4.69) is 47.8 Å². The molecule has 0 radical (unpaired) electrons. The Labute approximate surface area is 89.1 Å². The first-order chi connectivity index (χ1) is 5.15. The molecule has 0 aliphatic carbocycles. The summed E-state index contributed by atoms with van der Waals surface area (Å²) >= 11 is 9.46. The number of alkyl halides is 1. The van der Waals surface area contributed by atoms with Crippen molar-refractivity contribution in [3.63, 3.8) is 0 Å². The molecule has 0 unspecified atom stereocenters. The van der Waals surface area contributed by atoms with E-state index in [0.29, 0.717) is 20.1 Å². The largest absolute Gasteiger partial charge is 0.421 e. The first-order valence-corrected chi connectivity index (χ1v) is 5.40. The monoisotopic (exact) mass is 344 g/mol. The second-order valence-corrected chi connectivity index (χ2v) is 5.03. The molecule has 0 bridgehead atoms. The van der Waals surface area contributed by atoms with Crippen molar-refractivity contribution in [2.75, 3.05) is 5.33 Å². The number of carbonyl (C=O) groups excluding carboxylic acids is 1. The third-order valence-electron chi connectivity index (χ3n) is 1.10. The Bertz CT molecular complexity index is 251. The maximum atomic E-state index is 10.9. The predicted octanol–water partition coefficient (Wildman–Crippen LogP) is 2.82. The van der Waals surface area contributed by atoms with E-state index in [4.69, 9.17) is 4.74 Å². The SMILES string of the molecule is O=C1OC(=C(Br)Br)C=C1CBr. The molecule has 0 aromatic heterocycles. The molecule has 0 saturated heterocycles. The van der Waals surface area contributed by atoms with Gasteiger partial charge in [0.2, 0.25) is 0 Å². The zero-order valence-corrected chi connectivity index (χ0v) is 9.99. The summed E-state index contributed by atoms with van der Waals surface area (Å²) in [5.74, 6) is 0.220. The van der Waals surface area contributed by atoms with Crippen molar-refractivity contribution in [1.82, 2.24) is 0 Å². The summed E-state index contributed by atoms with van der Waals surface area (Å²) in [5.41, 5.74) is 0.622. The van der Waals surface area contributed by atoms with Gasteiger partial charge < -0.3 is 4.74 Å². The fraction of sp³-hybridized carbons (Fsp3) is 0.167. The molecule has 0 N–H and O–H groups in total. The molecule has 0 aromatic rings. The number of halogens is 3. The van der Waals surface area contributed by atoms with Crippen LogP contribution in [0.3, 0.4) is 0 Å². The van der Waals surface area contributed by atoms with Crippen LogP contribution in [-0.2, 0) is 9.53 Å². The Kier molecular flexibility index (Phi) is 3.33. The maximum absolute atomic E-state index is 10.9. The summed E-state index contributed by atoms with van der Waals surface area (Å²) < 4.78 is 5.50. The summed E-state index contributed by atoms with van der Waals surface area (Å²) in [7, 11) is 0. The summed E-state index contributed by atoms with van der Waals surface area (Å²) in [5, 5.41) is 0.516. The Morgan fingerprint density at radius 2 is 2.18 bits per heavy atom. The lowest BCUT2D eigenvalue weighted by molar-refractivity contribution is -0.133. The molecule has 5 heteroatoms. The normalized spacial score (nSPS) is 16.5. The molecule has 1 heterocycles. The van der Waals surface area contributed by atoms with Gasteiger partial charge in [0.05, 0.1) is 5.57 Å². The smallest absolute Gasteiger partial charge is 0.340 e. The third-order valence-corrected chi connectivity index (χ3v) is 2.49. The molecular weight excluding hydrogens is 344 g/mol. The van der Waals surface area contributed by atoms with Crippen molar-refractivity contribution in [3.8, 4) is 0 Å². The minimum absolute atomic E-state index is 0.298. The van der Waals surface area contributed by atoms with Crippen molar-refractivity contribution in [2.24, 2.45) is 0 Å². The number of hydrogen-bond acceptors (Lipinski definition) is 2. The van der Waals surface area contributed by atoms with Gasteiger partial charge in [0.1, 0.15) is 3.39 Å². The molecule has 2 nitrogen and oxygen atoms in total. The van der Waals surface area contributed by atoms with Gasteiger partial charge in [0.15, 0.2) is 5.76 Å². The van der Waals surface area contributed by atoms with Gasteiger partial charge in [-0.3, -0.25) is 0 Å². The van der Waals surface area contributed by atoms with Crippen molar-refractivity contribution in [1.29, 1.82) is 0 Å². The highest BCUT2D eigenvalue weighted by molar-refractivity contribution is 9.28. The first kappa shape index (κ1) is 9.48. The van der Waals surface area contributed by atoms with Crippen LogP contribution in [0.1, 0.15) is 0 Å². The zero-order valence-electron chi connectivity index (χ0n) is 5.23. The van der Waals surface area contributed by atoms with Gasteiger partial charge in [0, 0.05) is 5.33 Å². The summed E-state index contributed by atoms with van der Waals surface area (Å²) in [6, 6.07) is 0. The Hall–Kier alpha value is 0.390. The molecular formula is C6H3Br3O2. The second-order valence-electron chi connectivity index (χ2n) is 1.82. The number of rotatable bonds is 1. The van der Waals surface area contributed by atoms with E-state index >= 15 is 0 Å². The minimum atomic E-state index is -0.298. The van der Waals surface area contributed by atoms with E-state index in [1.165, 1.54) is 0 Å².